The highest BCUT2D eigenvalue weighted by Crippen LogP contribution is 2.21. The molecule has 25 heavy (non-hydrogen) atoms. The van der Waals surface area contributed by atoms with Gasteiger partial charge in [0.05, 0.1) is 18.4 Å². The molecule has 0 spiro atoms. The first-order valence-electron chi connectivity index (χ1n) is 9.08. The lowest BCUT2D eigenvalue weighted by Crippen LogP contribution is -2.51. The van der Waals surface area contributed by atoms with E-state index in [9.17, 15) is 9.59 Å². The topological polar surface area (TPSA) is 49.9 Å². The SMILES string of the molecule is CC(CC(=O)N1CCN(C(=O)C2=COCCC2)CC1)c1ccccc1. The van der Waals surface area contributed by atoms with E-state index in [4.69, 9.17) is 4.74 Å². The minimum absolute atomic E-state index is 0.0597. The monoisotopic (exact) mass is 342 g/mol. The van der Waals surface area contributed by atoms with E-state index in [1.165, 1.54) is 5.56 Å². The molecular weight excluding hydrogens is 316 g/mol. The van der Waals surface area contributed by atoms with Gasteiger partial charge in [-0.3, -0.25) is 9.59 Å². The van der Waals surface area contributed by atoms with Crippen LogP contribution >= 0.6 is 0 Å². The Kier molecular flexibility index (Phi) is 5.74. The Hall–Kier alpha value is -2.30. The van der Waals surface area contributed by atoms with Crippen molar-refractivity contribution >= 4 is 11.8 Å². The van der Waals surface area contributed by atoms with Crippen LogP contribution in [0.1, 0.15) is 37.7 Å². The van der Waals surface area contributed by atoms with Crippen molar-refractivity contribution in [3.05, 3.63) is 47.7 Å². The fourth-order valence-corrected chi connectivity index (χ4v) is 3.37. The smallest absolute Gasteiger partial charge is 0.252 e. The van der Waals surface area contributed by atoms with Crippen LogP contribution in [-0.2, 0) is 14.3 Å². The number of benzene rings is 1. The number of amides is 2. The van der Waals surface area contributed by atoms with Gasteiger partial charge in [0.25, 0.3) is 5.91 Å². The van der Waals surface area contributed by atoms with Crippen molar-refractivity contribution in [3.8, 4) is 0 Å². The summed E-state index contributed by atoms with van der Waals surface area (Å²) in [4.78, 5) is 28.7. The number of carbonyl (C=O) groups is 2. The standard InChI is InChI=1S/C20H26N2O3/c1-16(17-6-3-2-4-7-17)14-19(23)21-9-11-22(12-10-21)20(24)18-8-5-13-25-15-18/h2-4,6-7,15-16H,5,8-14H2,1H3. The van der Waals surface area contributed by atoms with Crippen molar-refractivity contribution in [2.45, 2.75) is 32.1 Å². The van der Waals surface area contributed by atoms with Gasteiger partial charge in [0, 0.05) is 32.6 Å². The lowest BCUT2D eigenvalue weighted by atomic mass is 9.97. The molecule has 0 saturated carbocycles. The van der Waals surface area contributed by atoms with Crippen molar-refractivity contribution in [2.75, 3.05) is 32.8 Å². The van der Waals surface area contributed by atoms with Gasteiger partial charge in [0.2, 0.25) is 5.91 Å². The van der Waals surface area contributed by atoms with Gasteiger partial charge in [0.1, 0.15) is 0 Å². The van der Waals surface area contributed by atoms with E-state index in [2.05, 4.69) is 19.1 Å². The molecule has 1 saturated heterocycles. The molecule has 0 N–H and O–H groups in total. The summed E-state index contributed by atoms with van der Waals surface area (Å²) >= 11 is 0. The summed E-state index contributed by atoms with van der Waals surface area (Å²) in [6, 6.07) is 10.1. The Bertz CT molecular complexity index is 634. The second-order valence-electron chi connectivity index (χ2n) is 6.81. The molecule has 1 atom stereocenters. The molecule has 5 heteroatoms. The zero-order valence-electron chi connectivity index (χ0n) is 14.8. The van der Waals surface area contributed by atoms with E-state index in [1.54, 1.807) is 6.26 Å². The number of rotatable bonds is 4. The zero-order chi connectivity index (χ0) is 17.6. The Balaban J connectivity index is 1.49. The first-order chi connectivity index (χ1) is 12.1. The minimum atomic E-state index is 0.0597. The molecule has 2 heterocycles. The Labute approximate surface area is 149 Å². The van der Waals surface area contributed by atoms with Gasteiger partial charge in [-0.15, -0.1) is 0 Å². The number of carbonyl (C=O) groups excluding carboxylic acids is 2. The third kappa shape index (κ3) is 4.41. The summed E-state index contributed by atoms with van der Waals surface area (Å²) in [5, 5.41) is 0. The van der Waals surface area contributed by atoms with E-state index in [-0.39, 0.29) is 17.7 Å². The molecule has 1 aromatic carbocycles. The molecule has 3 rings (SSSR count). The first kappa shape index (κ1) is 17.5. The van der Waals surface area contributed by atoms with Crippen LogP contribution in [0, 0.1) is 0 Å². The van der Waals surface area contributed by atoms with Gasteiger partial charge in [-0.05, 0) is 24.3 Å². The van der Waals surface area contributed by atoms with Crippen molar-refractivity contribution < 1.29 is 14.3 Å². The average molecular weight is 342 g/mol. The van der Waals surface area contributed by atoms with Crippen molar-refractivity contribution in [1.82, 2.24) is 9.80 Å². The van der Waals surface area contributed by atoms with Gasteiger partial charge in [-0.25, -0.2) is 0 Å². The van der Waals surface area contributed by atoms with Crippen molar-refractivity contribution in [2.24, 2.45) is 0 Å². The molecule has 2 amide bonds. The number of piperazine rings is 1. The Morgan fingerprint density at radius 1 is 1.08 bits per heavy atom. The third-order valence-electron chi connectivity index (χ3n) is 4.98. The lowest BCUT2D eigenvalue weighted by Gasteiger charge is -2.36. The normalized spacial score (nSPS) is 19.0. The van der Waals surface area contributed by atoms with Crippen LogP contribution in [0.5, 0.6) is 0 Å². The summed E-state index contributed by atoms with van der Waals surface area (Å²) < 4.78 is 5.27. The number of ether oxygens (including phenoxy) is 1. The maximum atomic E-state index is 12.6. The fourth-order valence-electron chi connectivity index (χ4n) is 3.37. The van der Waals surface area contributed by atoms with Gasteiger partial charge >= 0.3 is 0 Å². The lowest BCUT2D eigenvalue weighted by molar-refractivity contribution is -0.138. The zero-order valence-corrected chi connectivity index (χ0v) is 14.8. The largest absolute Gasteiger partial charge is 0.501 e. The van der Waals surface area contributed by atoms with E-state index < -0.39 is 0 Å². The summed E-state index contributed by atoms with van der Waals surface area (Å²) in [6.45, 7) is 5.20. The fraction of sp³-hybridized carbons (Fsp3) is 0.500. The predicted octanol–water partition coefficient (Wildman–Crippen LogP) is 2.55. The van der Waals surface area contributed by atoms with Crippen molar-refractivity contribution in [1.29, 1.82) is 0 Å². The quantitative estimate of drug-likeness (QED) is 0.845. The molecule has 0 aromatic heterocycles. The molecule has 0 bridgehead atoms. The molecule has 2 aliphatic heterocycles. The van der Waals surface area contributed by atoms with Crippen LogP contribution in [-0.4, -0.2) is 54.4 Å². The molecule has 134 valence electrons. The molecule has 2 aliphatic rings. The van der Waals surface area contributed by atoms with Crippen LogP contribution in [0.2, 0.25) is 0 Å². The van der Waals surface area contributed by atoms with Gasteiger partial charge in [-0.1, -0.05) is 37.3 Å². The summed E-state index contributed by atoms with van der Waals surface area (Å²) in [5.41, 5.74) is 1.94. The molecular formula is C20H26N2O3. The van der Waals surface area contributed by atoms with Crippen LogP contribution in [0.15, 0.2) is 42.2 Å². The molecule has 1 fully saturated rings. The summed E-state index contributed by atoms with van der Waals surface area (Å²) in [6.07, 6.45) is 3.79. The minimum Gasteiger partial charge on any atom is -0.501 e. The van der Waals surface area contributed by atoms with E-state index in [0.29, 0.717) is 39.2 Å². The van der Waals surface area contributed by atoms with Crippen LogP contribution in [0.25, 0.3) is 0 Å². The van der Waals surface area contributed by atoms with E-state index >= 15 is 0 Å². The Morgan fingerprint density at radius 3 is 2.40 bits per heavy atom. The van der Waals surface area contributed by atoms with Crippen LogP contribution in [0.4, 0.5) is 0 Å². The van der Waals surface area contributed by atoms with E-state index in [0.717, 1.165) is 18.4 Å². The highest BCUT2D eigenvalue weighted by Gasteiger charge is 2.27. The molecule has 1 unspecified atom stereocenters. The maximum Gasteiger partial charge on any atom is 0.252 e. The number of nitrogens with zero attached hydrogens (tertiary/aromatic N) is 2. The number of hydrogen-bond donors (Lipinski definition) is 0. The van der Waals surface area contributed by atoms with E-state index in [1.807, 2.05) is 28.0 Å². The predicted molar refractivity (Wildman–Crippen MR) is 95.9 cm³/mol. The van der Waals surface area contributed by atoms with Crippen molar-refractivity contribution in [3.63, 3.8) is 0 Å². The van der Waals surface area contributed by atoms with Crippen LogP contribution < -0.4 is 0 Å². The molecule has 0 radical (unpaired) electrons. The summed E-state index contributed by atoms with van der Waals surface area (Å²) in [5.74, 6) is 0.436. The highest BCUT2D eigenvalue weighted by atomic mass is 16.5. The second-order valence-corrected chi connectivity index (χ2v) is 6.81. The third-order valence-corrected chi connectivity index (χ3v) is 4.98. The highest BCUT2D eigenvalue weighted by molar-refractivity contribution is 5.93. The maximum absolute atomic E-state index is 12.6. The van der Waals surface area contributed by atoms with Gasteiger partial charge < -0.3 is 14.5 Å². The van der Waals surface area contributed by atoms with Crippen LogP contribution in [0.3, 0.4) is 0 Å². The average Bonchev–Trinajstić information content (AvgIpc) is 2.69. The molecule has 0 aliphatic carbocycles. The van der Waals surface area contributed by atoms with Gasteiger partial charge in [0.15, 0.2) is 0 Å². The van der Waals surface area contributed by atoms with Gasteiger partial charge in [-0.2, -0.15) is 0 Å². The summed E-state index contributed by atoms with van der Waals surface area (Å²) in [7, 11) is 0. The number of hydrogen-bond acceptors (Lipinski definition) is 3. The molecule has 5 nitrogen and oxygen atoms in total. The Morgan fingerprint density at radius 2 is 1.76 bits per heavy atom. The second kappa shape index (κ2) is 8.19. The first-order valence-corrected chi connectivity index (χ1v) is 9.08. The molecule has 1 aromatic rings.